The normalized spacial score (nSPS) is 12.1. The molecule has 0 aromatic heterocycles. The molecule has 10 heteroatoms. The van der Waals surface area contributed by atoms with Crippen LogP contribution < -0.4 is 28.9 Å². The van der Waals surface area contributed by atoms with Crippen molar-refractivity contribution in [1.29, 1.82) is 0 Å². The Hall–Kier alpha value is -1.48. The molecular weight excluding hydrogens is 376 g/mol. The summed E-state index contributed by atoms with van der Waals surface area (Å²) in [5, 5.41) is 0.246. The Bertz CT molecular complexity index is 740. The number of rotatable bonds is 4. The Morgan fingerprint density at radius 3 is 1.73 bits per heavy atom. The predicted molar refractivity (Wildman–Crippen MR) is 80.3 cm³/mol. The van der Waals surface area contributed by atoms with Crippen molar-refractivity contribution in [2.24, 2.45) is 0 Å². The fourth-order valence-corrected chi connectivity index (χ4v) is 2.97. The molecule has 0 radical (unpaired) electrons. The Morgan fingerprint density at radius 2 is 1.35 bits per heavy atom. The van der Waals surface area contributed by atoms with Crippen LogP contribution in [-0.4, -0.2) is 12.6 Å². The van der Waals surface area contributed by atoms with Crippen LogP contribution in [0.2, 0.25) is 0 Å². The van der Waals surface area contributed by atoms with Gasteiger partial charge in [0.1, 0.15) is 5.75 Å². The van der Waals surface area contributed by atoms with E-state index in [0.717, 1.165) is 0 Å². The Kier molecular flexibility index (Phi) is 7.35. The molecule has 26 heavy (non-hydrogen) atoms. The number of hydrogen-bond donors (Lipinski definition) is 0. The molecule has 0 spiro atoms. The van der Waals surface area contributed by atoms with Crippen LogP contribution in [0.1, 0.15) is 21.5 Å². The summed E-state index contributed by atoms with van der Waals surface area (Å²) in [5.74, 6) is 0.443. The number of hydrogen-bond acceptors (Lipinski definition) is 2. The van der Waals surface area contributed by atoms with E-state index in [9.17, 15) is 31.1 Å². The molecule has 0 saturated carbocycles. The third kappa shape index (κ3) is 5.26. The van der Waals surface area contributed by atoms with Crippen molar-refractivity contribution in [2.75, 3.05) is 7.11 Å². The van der Waals surface area contributed by atoms with Crippen LogP contribution in [0.25, 0.3) is 0 Å². The van der Waals surface area contributed by atoms with Crippen molar-refractivity contribution < 1.29 is 54.7 Å². The van der Waals surface area contributed by atoms with Gasteiger partial charge in [0.2, 0.25) is 0 Å². The third-order valence-corrected chi connectivity index (χ3v) is 4.18. The Morgan fingerprint density at radius 1 is 0.885 bits per heavy atom. The van der Waals surface area contributed by atoms with E-state index in [4.69, 9.17) is 4.74 Å². The second-order valence-electron chi connectivity index (χ2n) is 4.84. The van der Waals surface area contributed by atoms with Crippen LogP contribution in [0.4, 0.5) is 26.3 Å². The maximum absolute atomic E-state index is 13.1. The molecule has 0 N–H and O–H groups in total. The number of benzene rings is 2. The van der Waals surface area contributed by atoms with Crippen molar-refractivity contribution in [3.8, 4) is 5.75 Å². The largest absolute Gasteiger partial charge is 1.00 e. The summed E-state index contributed by atoms with van der Waals surface area (Å²) in [6, 6.07) is 7.25. The molecule has 2 nitrogen and oxygen atoms in total. The fraction of sp³-hybridized carbons (Fsp3) is 0.188. The number of ether oxygens (including phenoxy) is 1. The maximum Gasteiger partial charge on any atom is 1.00 e. The standard InChI is InChI=1S/C16H10F6O2P.Li/c1-24-9-5-7-10(8-6-9)25-14(23)13-11(15(17,18)19)3-2-4-12(13)16(20,21)22;/h2-8H,1H3;/q-1;+1. The first kappa shape index (κ1) is 22.6. The molecule has 0 amide bonds. The molecule has 2 aromatic carbocycles. The molecule has 2 aromatic rings. The van der Waals surface area contributed by atoms with Crippen LogP contribution in [0.15, 0.2) is 42.5 Å². The predicted octanol–water partition coefficient (Wildman–Crippen LogP) is 2.15. The number of methoxy groups -OCH3 is 1. The van der Waals surface area contributed by atoms with E-state index in [1.165, 1.54) is 31.4 Å². The van der Waals surface area contributed by atoms with E-state index < -0.39 is 34.6 Å². The average Bonchev–Trinajstić information content (AvgIpc) is 2.53. The molecule has 2 rings (SSSR count). The molecule has 0 atom stereocenters. The van der Waals surface area contributed by atoms with Crippen molar-refractivity contribution in [2.45, 2.75) is 12.4 Å². The molecule has 0 heterocycles. The first-order valence-electron chi connectivity index (χ1n) is 6.71. The zero-order valence-electron chi connectivity index (χ0n) is 13.6. The molecular formula is C16H10F6LiO2P. The van der Waals surface area contributed by atoms with Gasteiger partial charge in [-0.15, -0.1) is 0 Å². The van der Waals surface area contributed by atoms with Crippen molar-refractivity contribution >= 4 is 19.4 Å². The third-order valence-electron chi connectivity index (χ3n) is 3.19. The molecule has 0 bridgehead atoms. The van der Waals surface area contributed by atoms with Gasteiger partial charge in [0.25, 0.3) is 0 Å². The van der Waals surface area contributed by atoms with Gasteiger partial charge in [-0.25, -0.2) is 0 Å². The van der Waals surface area contributed by atoms with Crippen molar-refractivity contribution in [1.82, 2.24) is 0 Å². The van der Waals surface area contributed by atoms with Crippen LogP contribution in [0.5, 0.6) is 5.75 Å². The number of alkyl halides is 6. The van der Waals surface area contributed by atoms with E-state index in [1.54, 1.807) is 0 Å². The smallest absolute Gasteiger partial charge is 0.497 e. The first-order chi connectivity index (χ1) is 11.5. The van der Waals surface area contributed by atoms with Crippen LogP contribution in [-0.2, 0) is 12.4 Å². The topological polar surface area (TPSA) is 26.3 Å². The minimum absolute atomic E-state index is 0. The van der Waals surface area contributed by atoms with Gasteiger partial charge in [-0.05, 0) is 24.3 Å². The SMILES string of the molecule is COc1ccc([P-]C(=O)c2c(C(F)(F)F)cccc2C(F)(F)F)cc1.[Li+]. The summed E-state index contributed by atoms with van der Waals surface area (Å²) in [6.07, 6.45) is -10.2. The summed E-state index contributed by atoms with van der Waals surface area (Å²) < 4.78 is 83.4. The summed E-state index contributed by atoms with van der Waals surface area (Å²) in [4.78, 5) is 12.3. The minimum atomic E-state index is -5.08. The van der Waals surface area contributed by atoms with E-state index in [-0.39, 0.29) is 32.7 Å². The fourth-order valence-electron chi connectivity index (χ4n) is 2.09. The van der Waals surface area contributed by atoms with Crippen LogP contribution in [0, 0.1) is 0 Å². The van der Waals surface area contributed by atoms with E-state index in [2.05, 4.69) is 0 Å². The number of halogens is 6. The molecule has 0 aliphatic carbocycles. The summed E-state index contributed by atoms with van der Waals surface area (Å²) in [6.45, 7) is 0. The molecule has 0 unspecified atom stereocenters. The monoisotopic (exact) mass is 386 g/mol. The number of carbonyl (C=O) groups excluding carboxylic acids is 1. The average molecular weight is 386 g/mol. The van der Waals surface area contributed by atoms with Gasteiger partial charge in [-0.1, -0.05) is 18.2 Å². The van der Waals surface area contributed by atoms with Gasteiger partial charge in [0, 0.05) is 11.1 Å². The quantitative estimate of drug-likeness (QED) is 0.458. The van der Waals surface area contributed by atoms with E-state index in [0.29, 0.717) is 23.9 Å². The Labute approximate surface area is 158 Å². The van der Waals surface area contributed by atoms with Gasteiger partial charge in [0.15, 0.2) is 0 Å². The van der Waals surface area contributed by atoms with Gasteiger partial charge in [0.05, 0.1) is 18.2 Å². The maximum atomic E-state index is 13.1. The molecule has 0 aliphatic rings. The van der Waals surface area contributed by atoms with Crippen LogP contribution >= 0.6 is 8.58 Å². The molecule has 134 valence electrons. The van der Waals surface area contributed by atoms with E-state index in [1.807, 2.05) is 0 Å². The molecule has 0 aliphatic heterocycles. The Balaban J connectivity index is 0.00000338. The second kappa shape index (κ2) is 8.47. The van der Waals surface area contributed by atoms with E-state index >= 15 is 0 Å². The zero-order chi connectivity index (χ0) is 18.8. The number of carbonyl (C=O) groups is 1. The first-order valence-corrected chi connectivity index (χ1v) is 7.61. The minimum Gasteiger partial charge on any atom is -0.497 e. The zero-order valence-corrected chi connectivity index (χ0v) is 14.5. The van der Waals surface area contributed by atoms with Crippen molar-refractivity contribution in [3.63, 3.8) is 0 Å². The summed E-state index contributed by atoms with van der Waals surface area (Å²) in [7, 11) is 1.09. The molecule has 0 fully saturated rings. The molecule has 0 saturated heterocycles. The summed E-state index contributed by atoms with van der Waals surface area (Å²) >= 11 is 0. The van der Waals surface area contributed by atoms with Gasteiger partial charge < -0.3 is 18.1 Å². The van der Waals surface area contributed by atoms with Gasteiger partial charge in [-0.3, -0.25) is 0 Å². The summed E-state index contributed by atoms with van der Waals surface area (Å²) in [5.41, 5.74) is -5.87. The van der Waals surface area contributed by atoms with Crippen molar-refractivity contribution in [3.05, 3.63) is 59.2 Å². The van der Waals surface area contributed by atoms with Gasteiger partial charge in [-0.2, -0.15) is 31.6 Å². The van der Waals surface area contributed by atoms with Gasteiger partial charge >= 0.3 is 31.2 Å². The van der Waals surface area contributed by atoms with Crippen LogP contribution in [0.3, 0.4) is 0 Å². The second-order valence-corrected chi connectivity index (χ2v) is 5.98.